The first-order valence-electron chi connectivity index (χ1n) is 9.92. The minimum Gasteiger partial charge on any atom is -0.354 e. The molecule has 1 saturated heterocycles. The van der Waals surface area contributed by atoms with E-state index < -0.39 is 23.0 Å². The third-order valence-corrected chi connectivity index (χ3v) is 7.51. The molecule has 1 aromatic heterocycles. The first-order valence-corrected chi connectivity index (χ1v) is 12.1. The number of anilines is 1. The van der Waals surface area contributed by atoms with Crippen molar-refractivity contribution in [3.63, 3.8) is 0 Å². The Morgan fingerprint density at radius 2 is 2.12 bits per heavy atom. The number of carbonyl (C=O) groups is 1. The SMILES string of the molecule is CC(=O)NC[C@H]1CN(c2ccc(-c3ccc(CS(=O)c4nccs4)cc3)c(F)c2)C(O)O1. The Kier molecular flexibility index (Phi) is 6.95. The molecule has 2 heterocycles. The van der Waals surface area contributed by atoms with Crippen molar-refractivity contribution in [3.05, 3.63) is 65.4 Å². The molecular formula is C22H22FN3O4S2. The Labute approximate surface area is 191 Å². The monoisotopic (exact) mass is 475 g/mol. The van der Waals surface area contributed by atoms with E-state index in [1.54, 1.807) is 35.8 Å². The molecule has 0 bridgehead atoms. The van der Waals surface area contributed by atoms with Crippen LogP contribution in [0.15, 0.2) is 58.4 Å². The number of nitrogens with one attached hydrogen (secondary N) is 1. The maximum absolute atomic E-state index is 14.9. The van der Waals surface area contributed by atoms with E-state index in [1.165, 1.54) is 29.2 Å². The smallest absolute Gasteiger partial charge is 0.238 e. The minimum atomic E-state index is -1.21. The molecular weight excluding hydrogens is 453 g/mol. The fourth-order valence-corrected chi connectivity index (χ4v) is 5.36. The standard InChI is InChI=1S/C22H22FN3O4S2/c1-14(27)25-11-18-12-26(22(28)30-18)17-6-7-19(20(23)10-17)16-4-2-15(3-5-16)13-32(29)21-24-8-9-31-21/h2-10,18,22,28H,11-13H2,1H3,(H,25,27)/t18-,22?,32?/m0/s1. The Bertz CT molecular complexity index is 1110. The van der Waals surface area contributed by atoms with Gasteiger partial charge in [-0.2, -0.15) is 0 Å². The van der Waals surface area contributed by atoms with Gasteiger partial charge >= 0.3 is 0 Å². The van der Waals surface area contributed by atoms with Crippen molar-refractivity contribution in [2.24, 2.45) is 0 Å². The van der Waals surface area contributed by atoms with Crippen molar-refractivity contribution in [2.45, 2.75) is 29.5 Å². The van der Waals surface area contributed by atoms with Crippen molar-refractivity contribution < 1.29 is 23.2 Å². The van der Waals surface area contributed by atoms with Gasteiger partial charge in [-0.05, 0) is 29.3 Å². The Morgan fingerprint density at radius 3 is 2.78 bits per heavy atom. The number of hydrogen-bond acceptors (Lipinski definition) is 7. The van der Waals surface area contributed by atoms with Crippen LogP contribution in [0.25, 0.3) is 11.1 Å². The molecule has 1 amide bonds. The summed E-state index contributed by atoms with van der Waals surface area (Å²) in [6.07, 6.45) is 0.0280. The van der Waals surface area contributed by atoms with Gasteiger partial charge in [0.15, 0.2) is 4.34 Å². The number of hydrogen-bond donors (Lipinski definition) is 2. The summed E-state index contributed by atoms with van der Waals surface area (Å²) in [5, 5.41) is 14.6. The number of halogens is 1. The van der Waals surface area contributed by atoms with Gasteiger partial charge in [-0.25, -0.2) is 9.37 Å². The second kappa shape index (κ2) is 9.86. The largest absolute Gasteiger partial charge is 0.354 e. The molecule has 4 rings (SSSR count). The van der Waals surface area contributed by atoms with Crippen LogP contribution >= 0.6 is 11.3 Å². The van der Waals surface area contributed by atoms with Crippen LogP contribution in [0.4, 0.5) is 10.1 Å². The van der Waals surface area contributed by atoms with Crippen molar-refractivity contribution in [3.8, 4) is 11.1 Å². The fourth-order valence-electron chi connectivity index (χ4n) is 3.43. The van der Waals surface area contributed by atoms with Gasteiger partial charge in [-0.3, -0.25) is 9.00 Å². The molecule has 0 aliphatic carbocycles. The van der Waals surface area contributed by atoms with Gasteiger partial charge < -0.3 is 20.1 Å². The van der Waals surface area contributed by atoms with Crippen LogP contribution in [0.2, 0.25) is 0 Å². The van der Waals surface area contributed by atoms with Gasteiger partial charge in [-0.15, -0.1) is 11.3 Å². The number of carbonyl (C=O) groups excluding carboxylic acids is 1. The molecule has 2 unspecified atom stereocenters. The van der Waals surface area contributed by atoms with Crippen molar-refractivity contribution in [1.29, 1.82) is 0 Å². The molecule has 1 aliphatic rings. The lowest BCUT2D eigenvalue weighted by atomic mass is 10.0. The van der Waals surface area contributed by atoms with Gasteiger partial charge in [0, 0.05) is 36.3 Å². The summed E-state index contributed by atoms with van der Waals surface area (Å²) in [4.78, 5) is 16.7. The summed E-state index contributed by atoms with van der Waals surface area (Å²) in [6, 6.07) is 12.0. The van der Waals surface area contributed by atoms with Crippen LogP contribution in [-0.4, -0.2) is 45.8 Å². The summed E-state index contributed by atoms with van der Waals surface area (Å²) in [5.74, 6) is -0.265. The molecule has 168 valence electrons. The molecule has 10 heteroatoms. The molecule has 7 nitrogen and oxygen atoms in total. The Hall–Kier alpha value is -2.66. The van der Waals surface area contributed by atoms with E-state index in [4.69, 9.17) is 4.74 Å². The van der Waals surface area contributed by atoms with Crippen LogP contribution in [-0.2, 0) is 26.1 Å². The lowest BCUT2D eigenvalue weighted by Gasteiger charge is -2.21. The van der Waals surface area contributed by atoms with Crippen LogP contribution in [0.1, 0.15) is 12.5 Å². The summed E-state index contributed by atoms with van der Waals surface area (Å²) >= 11 is 1.36. The highest BCUT2D eigenvalue weighted by Crippen LogP contribution is 2.30. The number of benzene rings is 2. The zero-order valence-electron chi connectivity index (χ0n) is 17.2. The molecule has 1 fully saturated rings. The maximum atomic E-state index is 14.9. The molecule has 2 N–H and O–H groups in total. The van der Waals surface area contributed by atoms with E-state index in [1.807, 2.05) is 12.1 Å². The van der Waals surface area contributed by atoms with Gasteiger partial charge in [0.05, 0.1) is 29.2 Å². The maximum Gasteiger partial charge on any atom is 0.238 e. The lowest BCUT2D eigenvalue weighted by molar-refractivity contribution is -0.121. The summed E-state index contributed by atoms with van der Waals surface area (Å²) < 4.78 is 33.2. The van der Waals surface area contributed by atoms with Crippen LogP contribution in [0.5, 0.6) is 0 Å². The quantitative estimate of drug-likeness (QED) is 0.546. The topological polar surface area (TPSA) is 91.8 Å². The zero-order chi connectivity index (χ0) is 22.7. The summed E-state index contributed by atoms with van der Waals surface area (Å²) in [5.41, 5.74) is 2.48. The van der Waals surface area contributed by atoms with Gasteiger partial charge in [0.2, 0.25) is 12.3 Å². The van der Waals surface area contributed by atoms with Gasteiger partial charge in [0.1, 0.15) is 5.82 Å². The number of aromatic nitrogens is 1. The second-order valence-corrected chi connectivity index (χ2v) is 9.84. The first kappa shape index (κ1) is 22.5. The van der Waals surface area contributed by atoms with E-state index in [-0.39, 0.29) is 18.6 Å². The number of ether oxygens (including phenoxy) is 1. The van der Waals surface area contributed by atoms with Crippen LogP contribution < -0.4 is 10.2 Å². The fraction of sp³-hybridized carbons (Fsp3) is 0.273. The van der Waals surface area contributed by atoms with Crippen LogP contribution in [0.3, 0.4) is 0 Å². The average Bonchev–Trinajstić information content (AvgIpc) is 3.43. The van der Waals surface area contributed by atoms with E-state index in [2.05, 4.69) is 10.3 Å². The zero-order valence-corrected chi connectivity index (χ0v) is 18.9. The molecule has 0 spiro atoms. The molecule has 32 heavy (non-hydrogen) atoms. The van der Waals surface area contributed by atoms with Crippen molar-refractivity contribution in [1.82, 2.24) is 10.3 Å². The van der Waals surface area contributed by atoms with Gasteiger partial charge in [-0.1, -0.05) is 24.3 Å². The molecule has 0 saturated carbocycles. The number of amides is 1. The van der Waals surface area contributed by atoms with Crippen LogP contribution in [0, 0.1) is 5.82 Å². The normalized spacial score (nSPS) is 19.2. The Balaban J connectivity index is 1.44. The number of rotatable bonds is 7. The number of aliphatic hydroxyl groups excluding tert-OH is 1. The van der Waals surface area contributed by atoms with Crippen molar-refractivity contribution >= 4 is 33.7 Å². The number of nitrogens with zero attached hydrogens (tertiary/aromatic N) is 2. The average molecular weight is 476 g/mol. The third-order valence-electron chi connectivity index (χ3n) is 5.01. The predicted octanol–water partition coefficient (Wildman–Crippen LogP) is 2.87. The van der Waals surface area contributed by atoms with E-state index in [0.717, 1.165) is 5.56 Å². The van der Waals surface area contributed by atoms with E-state index >= 15 is 0 Å². The summed E-state index contributed by atoms with van der Waals surface area (Å²) in [7, 11) is -1.21. The first-order chi connectivity index (χ1) is 15.4. The Morgan fingerprint density at radius 1 is 1.34 bits per heavy atom. The number of thiazole rings is 1. The van der Waals surface area contributed by atoms with Gasteiger partial charge in [0.25, 0.3) is 0 Å². The number of aliphatic hydroxyl groups is 1. The molecule has 2 aromatic carbocycles. The lowest BCUT2D eigenvalue weighted by Crippen LogP contribution is -2.33. The molecule has 3 aromatic rings. The van der Waals surface area contributed by atoms with E-state index in [9.17, 15) is 18.5 Å². The summed E-state index contributed by atoms with van der Waals surface area (Å²) in [6.45, 7) is 2.00. The molecule has 3 atom stereocenters. The van der Waals surface area contributed by atoms with E-state index in [0.29, 0.717) is 33.5 Å². The minimum absolute atomic E-state index is 0.183. The molecule has 1 aliphatic heterocycles. The highest BCUT2D eigenvalue weighted by atomic mass is 32.2. The predicted molar refractivity (Wildman–Crippen MR) is 121 cm³/mol. The van der Waals surface area contributed by atoms with Crippen molar-refractivity contribution in [2.75, 3.05) is 18.0 Å². The third kappa shape index (κ3) is 5.21. The molecule has 0 radical (unpaired) electrons. The second-order valence-electron chi connectivity index (χ2n) is 7.32. The highest BCUT2D eigenvalue weighted by Gasteiger charge is 2.32. The highest BCUT2D eigenvalue weighted by molar-refractivity contribution is 7.86.